The van der Waals surface area contributed by atoms with Gasteiger partial charge in [0.2, 0.25) is 5.95 Å². The number of aryl methyl sites for hydroxylation is 2. The first kappa shape index (κ1) is 21.0. The summed E-state index contributed by atoms with van der Waals surface area (Å²) in [5, 5.41) is 6.45. The molecule has 156 valence electrons. The quantitative estimate of drug-likeness (QED) is 0.775. The second kappa shape index (κ2) is 9.20. The Bertz CT molecular complexity index is 862. The summed E-state index contributed by atoms with van der Waals surface area (Å²) in [7, 11) is 3.95. The van der Waals surface area contributed by atoms with Crippen LogP contribution < -0.4 is 15.5 Å². The summed E-state index contributed by atoms with van der Waals surface area (Å²) in [6.07, 6.45) is 5.79. The summed E-state index contributed by atoms with van der Waals surface area (Å²) >= 11 is 0. The van der Waals surface area contributed by atoms with E-state index in [-0.39, 0.29) is 17.8 Å². The van der Waals surface area contributed by atoms with Crippen molar-refractivity contribution in [2.45, 2.75) is 45.6 Å². The molecule has 2 N–H and O–H groups in total. The van der Waals surface area contributed by atoms with E-state index in [4.69, 9.17) is 0 Å². The predicted octanol–water partition coefficient (Wildman–Crippen LogP) is 3.70. The van der Waals surface area contributed by atoms with Gasteiger partial charge in [-0.3, -0.25) is 4.79 Å². The number of carbonyl (C=O) groups is 1. The first-order chi connectivity index (χ1) is 13.8. The zero-order chi connectivity index (χ0) is 21.0. The minimum atomic E-state index is -0.287. The Morgan fingerprint density at radius 3 is 2.55 bits per heavy atom. The molecule has 1 heterocycles. The van der Waals surface area contributed by atoms with E-state index < -0.39 is 0 Å². The molecule has 29 heavy (non-hydrogen) atoms. The molecule has 0 aliphatic heterocycles. The van der Waals surface area contributed by atoms with Gasteiger partial charge in [0.15, 0.2) is 0 Å². The van der Waals surface area contributed by atoms with Crippen molar-refractivity contribution in [3.8, 4) is 0 Å². The van der Waals surface area contributed by atoms with Crippen LogP contribution in [0.4, 0.5) is 16.2 Å². The van der Waals surface area contributed by atoms with Gasteiger partial charge in [-0.1, -0.05) is 0 Å². The van der Waals surface area contributed by atoms with Crippen LogP contribution in [-0.4, -0.2) is 42.6 Å². The highest BCUT2D eigenvalue weighted by Gasteiger charge is 2.23. The number of carbonyl (C=O) groups excluding carboxylic acids is 1. The zero-order valence-corrected chi connectivity index (χ0v) is 17.6. The van der Waals surface area contributed by atoms with E-state index in [1.54, 1.807) is 13.0 Å². The summed E-state index contributed by atoms with van der Waals surface area (Å²) in [6, 6.07) is 4.66. The smallest absolute Gasteiger partial charge is 0.251 e. The standard InChI is InChI=1S/C22H30FN5O/c1-14-11-17(7-10-19(14)23)21(29)26-18-8-5-16(6-9-18)13-25-22-24-12-15(2)20(27-22)28(3)4/h7,10-12,16,18H,5-6,8-9,13H2,1-4H3,(H,26,29)(H,24,25,27)/t16-,18+. The van der Waals surface area contributed by atoms with E-state index >= 15 is 0 Å². The van der Waals surface area contributed by atoms with Crippen LogP contribution in [0.2, 0.25) is 0 Å². The van der Waals surface area contributed by atoms with E-state index in [1.165, 1.54) is 12.1 Å². The summed E-state index contributed by atoms with van der Waals surface area (Å²) in [5.74, 6) is 1.69. The molecule has 2 aromatic rings. The van der Waals surface area contributed by atoms with E-state index in [9.17, 15) is 9.18 Å². The van der Waals surface area contributed by atoms with E-state index in [0.717, 1.165) is 43.6 Å². The molecule has 0 atom stereocenters. The van der Waals surface area contributed by atoms with E-state index in [0.29, 0.717) is 23.0 Å². The molecule has 1 amide bonds. The van der Waals surface area contributed by atoms with Crippen molar-refractivity contribution in [3.05, 3.63) is 46.9 Å². The number of aromatic nitrogens is 2. The van der Waals surface area contributed by atoms with Crippen molar-refractivity contribution >= 4 is 17.7 Å². The van der Waals surface area contributed by atoms with Crippen LogP contribution in [0.3, 0.4) is 0 Å². The summed E-state index contributed by atoms with van der Waals surface area (Å²) < 4.78 is 13.4. The Labute approximate surface area is 171 Å². The summed E-state index contributed by atoms with van der Waals surface area (Å²) in [6.45, 7) is 4.50. The van der Waals surface area contributed by atoms with Crippen LogP contribution in [-0.2, 0) is 0 Å². The molecule has 0 saturated heterocycles. The molecule has 6 nitrogen and oxygen atoms in total. The van der Waals surface area contributed by atoms with Crippen molar-refractivity contribution in [2.75, 3.05) is 30.9 Å². The lowest BCUT2D eigenvalue weighted by Crippen LogP contribution is -2.38. The lowest BCUT2D eigenvalue weighted by molar-refractivity contribution is 0.0922. The third-order valence-electron chi connectivity index (χ3n) is 5.52. The number of benzene rings is 1. The number of halogens is 1. The highest BCUT2D eigenvalue weighted by Crippen LogP contribution is 2.25. The summed E-state index contributed by atoms with van der Waals surface area (Å²) in [4.78, 5) is 23.4. The second-order valence-electron chi connectivity index (χ2n) is 8.13. The molecule has 0 unspecified atom stereocenters. The maximum absolute atomic E-state index is 13.4. The minimum Gasteiger partial charge on any atom is -0.362 e. The SMILES string of the molecule is Cc1cc(C(=O)N[C@H]2CC[C@@H](CNc3ncc(C)c(N(C)C)n3)CC2)ccc1F. The van der Waals surface area contributed by atoms with Crippen LogP contribution in [0.25, 0.3) is 0 Å². The molecular formula is C22H30FN5O. The van der Waals surface area contributed by atoms with Crippen LogP contribution in [0.15, 0.2) is 24.4 Å². The maximum atomic E-state index is 13.4. The molecule has 1 aliphatic carbocycles. The second-order valence-corrected chi connectivity index (χ2v) is 8.13. The van der Waals surface area contributed by atoms with Crippen molar-refractivity contribution in [3.63, 3.8) is 0 Å². The Morgan fingerprint density at radius 1 is 1.17 bits per heavy atom. The first-order valence-corrected chi connectivity index (χ1v) is 10.2. The van der Waals surface area contributed by atoms with Gasteiger partial charge >= 0.3 is 0 Å². The van der Waals surface area contributed by atoms with Gasteiger partial charge in [-0.05, 0) is 69.2 Å². The van der Waals surface area contributed by atoms with Crippen LogP contribution in [0, 0.1) is 25.6 Å². The number of hydrogen-bond acceptors (Lipinski definition) is 5. The largest absolute Gasteiger partial charge is 0.362 e. The Hall–Kier alpha value is -2.70. The normalized spacial score (nSPS) is 18.9. The Kier molecular flexibility index (Phi) is 6.67. The van der Waals surface area contributed by atoms with Gasteiger partial charge in [0.1, 0.15) is 11.6 Å². The highest BCUT2D eigenvalue weighted by atomic mass is 19.1. The molecule has 0 radical (unpaired) electrons. The number of nitrogens with one attached hydrogen (secondary N) is 2. The lowest BCUT2D eigenvalue weighted by Gasteiger charge is -2.29. The van der Waals surface area contributed by atoms with Gasteiger partial charge in [0.05, 0.1) is 0 Å². The molecule has 0 spiro atoms. The topological polar surface area (TPSA) is 70.2 Å². The molecule has 1 saturated carbocycles. The fourth-order valence-electron chi connectivity index (χ4n) is 3.77. The average Bonchev–Trinajstić information content (AvgIpc) is 2.70. The molecular weight excluding hydrogens is 369 g/mol. The van der Waals surface area contributed by atoms with Gasteiger partial charge in [-0.15, -0.1) is 0 Å². The fourth-order valence-corrected chi connectivity index (χ4v) is 3.77. The van der Waals surface area contributed by atoms with Crippen LogP contribution >= 0.6 is 0 Å². The number of anilines is 2. The van der Waals surface area contributed by atoms with E-state index in [2.05, 4.69) is 20.6 Å². The molecule has 1 aliphatic rings. The highest BCUT2D eigenvalue weighted by molar-refractivity contribution is 5.94. The zero-order valence-electron chi connectivity index (χ0n) is 17.6. The molecule has 7 heteroatoms. The number of amides is 1. The average molecular weight is 400 g/mol. The number of rotatable bonds is 6. The van der Waals surface area contributed by atoms with Gasteiger partial charge in [-0.2, -0.15) is 4.98 Å². The van der Waals surface area contributed by atoms with Crippen molar-refractivity contribution in [1.82, 2.24) is 15.3 Å². The van der Waals surface area contributed by atoms with Crippen molar-refractivity contribution in [2.24, 2.45) is 5.92 Å². The molecule has 1 fully saturated rings. The van der Waals surface area contributed by atoms with Gasteiger partial charge in [-0.25, -0.2) is 9.37 Å². The summed E-state index contributed by atoms with van der Waals surface area (Å²) in [5.41, 5.74) is 2.05. The molecule has 1 aromatic carbocycles. The number of hydrogen-bond donors (Lipinski definition) is 2. The molecule has 1 aromatic heterocycles. The van der Waals surface area contributed by atoms with Gasteiger partial charge in [0.25, 0.3) is 5.91 Å². The molecule has 3 rings (SSSR count). The lowest BCUT2D eigenvalue weighted by atomic mass is 9.86. The first-order valence-electron chi connectivity index (χ1n) is 10.2. The van der Waals surface area contributed by atoms with Crippen LogP contribution in [0.5, 0.6) is 0 Å². The number of nitrogens with zero attached hydrogens (tertiary/aromatic N) is 3. The van der Waals surface area contributed by atoms with Crippen LogP contribution in [0.1, 0.15) is 47.2 Å². The van der Waals surface area contributed by atoms with Crippen molar-refractivity contribution < 1.29 is 9.18 Å². The monoisotopic (exact) mass is 399 g/mol. The Morgan fingerprint density at radius 2 is 1.90 bits per heavy atom. The minimum absolute atomic E-state index is 0.126. The van der Waals surface area contributed by atoms with Gasteiger partial charge < -0.3 is 15.5 Å². The third kappa shape index (κ3) is 5.43. The molecule has 0 bridgehead atoms. The predicted molar refractivity (Wildman–Crippen MR) is 114 cm³/mol. The van der Waals surface area contributed by atoms with Crippen molar-refractivity contribution in [1.29, 1.82) is 0 Å². The van der Waals surface area contributed by atoms with Gasteiger partial charge in [0, 0.05) is 44.0 Å². The van der Waals surface area contributed by atoms with E-state index in [1.807, 2.05) is 32.1 Å². The maximum Gasteiger partial charge on any atom is 0.251 e. The third-order valence-corrected chi connectivity index (χ3v) is 5.52. The Balaban J connectivity index is 1.46. The fraction of sp³-hybridized carbons (Fsp3) is 0.500.